The Kier molecular flexibility index (Phi) is 7.01. The number of ether oxygens (including phenoxy) is 1. The van der Waals surface area contributed by atoms with Gasteiger partial charge in [-0.3, -0.25) is 4.79 Å². The molecular weight excluding hydrogens is 482 g/mol. The first-order chi connectivity index (χ1) is 17.9. The van der Waals surface area contributed by atoms with E-state index in [9.17, 15) is 4.79 Å². The van der Waals surface area contributed by atoms with Gasteiger partial charge in [-0.05, 0) is 55.7 Å². The molecule has 37 heavy (non-hydrogen) atoms. The lowest BCUT2D eigenvalue weighted by Gasteiger charge is -2.29. The van der Waals surface area contributed by atoms with Crippen LogP contribution in [-0.4, -0.2) is 27.8 Å². The number of aryl methyl sites for hydroxylation is 2. The van der Waals surface area contributed by atoms with E-state index >= 15 is 0 Å². The third-order valence-electron chi connectivity index (χ3n) is 6.35. The number of thioether (sulfide) groups is 1. The number of methoxy groups -OCH3 is 1. The van der Waals surface area contributed by atoms with Gasteiger partial charge in [-0.25, -0.2) is 4.68 Å². The summed E-state index contributed by atoms with van der Waals surface area (Å²) in [6.45, 7) is 5.97. The largest absolute Gasteiger partial charge is 0.497 e. The number of rotatable bonds is 7. The summed E-state index contributed by atoms with van der Waals surface area (Å²) >= 11 is 1.57. The number of para-hydroxylation sites is 1. The van der Waals surface area contributed by atoms with Crippen molar-refractivity contribution in [3.05, 3.63) is 106 Å². The predicted octanol–water partition coefficient (Wildman–Crippen LogP) is 6.12. The van der Waals surface area contributed by atoms with Crippen molar-refractivity contribution >= 4 is 29.3 Å². The lowest BCUT2D eigenvalue weighted by atomic mass is 9.95. The minimum absolute atomic E-state index is 0.185. The molecule has 2 heterocycles. The van der Waals surface area contributed by atoms with E-state index in [4.69, 9.17) is 14.8 Å². The molecule has 0 saturated heterocycles. The molecule has 7 nitrogen and oxygen atoms in total. The van der Waals surface area contributed by atoms with Crippen LogP contribution in [0, 0.1) is 13.8 Å². The second-order valence-electron chi connectivity index (χ2n) is 9.05. The van der Waals surface area contributed by atoms with Gasteiger partial charge in [-0.1, -0.05) is 71.9 Å². The number of anilines is 2. The van der Waals surface area contributed by atoms with Crippen molar-refractivity contribution in [1.29, 1.82) is 0 Å². The normalized spacial score (nSPS) is 14.6. The highest BCUT2D eigenvalue weighted by Crippen LogP contribution is 2.37. The smallest absolute Gasteiger partial charge is 0.255 e. The zero-order valence-corrected chi connectivity index (χ0v) is 22.1. The molecule has 0 radical (unpaired) electrons. The number of hydrogen-bond donors (Lipinski definition) is 2. The van der Waals surface area contributed by atoms with Crippen LogP contribution < -0.4 is 15.4 Å². The molecule has 0 fully saturated rings. The van der Waals surface area contributed by atoms with E-state index in [0.717, 1.165) is 34.0 Å². The number of carbonyl (C=O) groups excluding carboxylic acids is 1. The summed E-state index contributed by atoms with van der Waals surface area (Å²) in [6.07, 6.45) is 0. The van der Waals surface area contributed by atoms with Crippen LogP contribution in [0.2, 0.25) is 0 Å². The summed E-state index contributed by atoms with van der Waals surface area (Å²) in [5.74, 6) is 1.93. The molecule has 1 aromatic heterocycles. The Balaban J connectivity index is 1.50. The van der Waals surface area contributed by atoms with Crippen molar-refractivity contribution in [1.82, 2.24) is 14.8 Å². The number of benzene rings is 3. The Labute approximate surface area is 221 Å². The Morgan fingerprint density at radius 3 is 2.57 bits per heavy atom. The van der Waals surface area contributed by atoms with Crippen LogP contribution in [0.5, 0.6) is 5.75 Å². The third-order valence-corrected chi connectivity index (χ3v) is 7.26. The Hall–Kier alpha value is -4.04. The first kappa shape index (κ1) is 24.6. The summed E-state index contributed by atoms with van der Waals surface area (Å²) < 4.78 is 7.16. The van der Waals surface area contributed by atoms with Gasteiger partial charge in [0.25, 0.3) is 5.91 Å². The van der Waals surface area contributed by atoms with Crippen LogP contribution in [0.25, 0.3) is 0 Å². The van der Waals surface area contributed by atoms with Gasteiger partial charge in [0.2, 0.25) is 11.1 Å². The molecule has 4 aromatic rings. The zero-order chi connectivity index (χ0) is 25.9. The minimum Gasteiger partial charge on any atom is -0.497 e. The molecule has 1 amide bonds. The molecule has 1 aliphatic heterocycles. The van der Waals surface area contributed by atoms with Crippen LogP contribution in [0.1, 0.15) is 35.2 Å². The van der Waals surface area contributed by atoms with Gasteiger partial charge in [0, 0.05) is 17.1 Å². The van der Waals surface area contributed by atoms with Gasteiger partial charge in [0.15, 0.2) is 0 Å². The highest BCUT2D eigenvalue weighted by atomic mass is 32.2. The molecule has 0 unspecified atom stereocenters. The van der Waals surface area contributed by atoms with E-state index in [-0.39, 0.29) is 5.91 Å². The van der Waals surface area contributed by atoms with Crippen LogP contribution >= 0.6 is 11.8 Å². The molecule has 2 N–H and O–H groups in total. The fourth-order valence-corrected chi connectivity index (χ4v) is 5.21. The fraction of sp³-hybridized carbons (Fsp3) is 0.207. The summed E-state index contributed by atoms with van der Waals surface area (Å²) in [6, 6.07) is 23.4. The SMILES string of the molecule is COc1ccc([C@H]2C(C(=O)Nc3ccccc3C)=C(C)Nc3nc(SCc4cccc(C)c4)nn32)cc1. The first-order valence-electron chi connectivity index (χ1n) is 12.1. The van der Waals surface area contributed by atoms with Crippen molar-refractivity contribution in [2.45, 2.75) is 37.7 Å². The van der Waals surface area contributed by atoms with Crippen molar-refractivity contribution in [2.24, 2.45) is 0 Å². The van der Waals surface area contributed by atoms with Crippen molar-refractivity contribution in [2.75, 3.05) is 17.7 Å². The number of amides is 1. The van der Waals surface area contributed by atoms with E-state index in [1.165, 1.54) is 11.1 Å². The number of hydrogen-bond acceptors (Lipinski definition) is 6. The van der Waals surface area contributed by atoms with Gasteiger partial charge < -0.3 is 15.4 Å². The van der Waals surface area contributed by atoms with E-state index in [1.807, 2.05) is 62.4 Å². The first-order valence-corrected chi connectivity index (χ1v) is 13.0. The molecule has 1 aliphatic rings. The summed E-state index contributed by atoms with van der Waals surface area (Å²) in [5, 5.41) is 11.9. The van der Waals surface area contributed by atoms with E-state index in [0.29, 0.717) is 16.7 Å². The monoisotopic (exact) mass is 511 g/mol. The van der Waals surface area contributed by atoms with Crippen LogP contribution in [0.4, 0.5) is 11.6 Å². The van der Waals surface area contributed by atoms with Crippen molar-refractivity contribution in [3.8, 4) is 5.75 Å². The summed E-state index contributed by atoms with van der Waals surface area (Å²) in [7, 11) is 1.64. The Morgan fingerprint density at radius 2 is 1.84 bits per heavy atom. The maximum Gasteiger partial charge on any atom is 0.255 e. The molecule has 0 aliphatic carbocycles. The maximum absolute atomic E-state index is 13.7. The number of fused-ring (bicyclic) bond motifs is 1. The molecule has 8 heteroatoms. The molecule has 1 atom stereocenters. The highest BCUT2D eigenvalue weighted by Gasteiger charge is 2.34. The van der Waals surface area contributed by atoms with Gasteiger partial charge >= 0.3 is 0 Å². The standard InChI is InChI=1S/C29H29N5O2S/c1-18-8-7-10-21(16-18)17-37-29-32-28-30-20(3)25(27(35)31-24-11-6-5-9-19(24)2)26(34(28)33-29)22-12-14-23(36-4)15-13-22/h5-16,26H,17H2,1-4H3,(H,31,35)(H,30,32,33)/t26-/m0/s1. The average Bonchev–Trinajstić information content (AvgIpc) is 3.30. The predicted molar refractivity (Wildman–Crippen MR) is 148 cm³/mol. The van der Waals surface area contributed by atoms with E-state index in [1.54, 1.807) is 23.6 Å². The zero-order valence-electron chi connectivity index (χ0n) is 21.3. The summed E-state index contributed by atoms with van der Waals surface area (Å²) in [5.41, 5.74) is 6.45. The second kappa shape index (κ2) is 10.5. The highest BCUT2D eigenvalue weighted by molar-refractivity contribution is 7.98. The number of allylic oxidation sites excluding steroid dienone is 1. The Bertz CT molecular complexity index is 1480. The lowest BCUT2D eigenvalue weighted by molar-refractivity contribution is -0.113. The molecular formula is C29H29N5O2S. The Morgan fingerprint density at radius 1 is 1.05 bits per heavy atom. The quantitative estimate of drug-likeness (QED) is 0.291. The van der Waals surface area contributed by atoms with Crippen LogP contribution in [-0.2, 0) is 10.5 Å². The maximum atomic E-state index is 13.7. The van der Waals surface area contributed by atoms with Crippen LogP contribution in [0.15, 0.2) is 89.2 Å². The third kappa shape index (κ3) is 5.24. The molecule has 0 bridgehead atoms. The van der Waals surface area contributed by atoms with Crippen LogP contribution in [0.3, 0.4) is 0 Å². The summed E-state index contributed by atoms with van der Waals surface area (Å²) in [4.78, 5) is 18.4. The van der Waals surface area contributed by atoms with Gasteiger partial charge in [-0.2, -0.15) is 4.98 Å². The van der Waals surface area contributed by atoms with Gasteiger partial charge in [-0.15, -0.1) is 5.10 Å². The number of carbonyl (C=O) groups is 1. The number of aromatic nitrogens is 3. The molecule has 0 spiro atoms. The van der Waals surface area contributed by atoms with Gasteiger partial charge in [0.1, 0.15) is 11.8 Å². The molecule has 188 valence electrons. The topological polar surface area (TPSA) is 81.1 Å². The molecule has 0 saturated carbocycles. The second-order valence-corrected chi connectivity index (χ2v) is 9.99. The number of nitrogens with zero attached hydrogens (tertiary/aromatic N) is 3. The van der Waals surface area contributed by atoms with E-state index in [2.05, 4.69) is 41.8 Å². The molecule has 5 rings (SSSR count). The van der Waals surface area contributed by atoms with Gasteiger partial charge in [0.05, 0.1) is 12.7 Å². The minimum atomic E-state index is -0.452. The molecule has 3 aromatic carbocycles. The fourth-order valence-electron chi connectivity index (χ4n) is 4.43. The number of nitrogens with one attached hydrogen (secondary N) is 2. The van der Waals surface area contributed by atoms with Crippen molar-refractivity contribution in [3.63, 3.8) is 0 Å². The lowest BCUT2D eigenvalue weighted by Crippen LogP contribution is -2.31. The van der Waals surface area contributed by atoms with E-state index < -0.39 is 6.04 Å². The average molecular weight is 512 g/mol. The van der Waals surface area contributed by atoms with Crippen molar-refractivity contribution < 1.29 is 9.53 Å².